The van der Waals surface area contributed by atoms with E-state index in [-0.39, 0.29) is 11.5 Å². The minimum atomic E-state index is -0.374. The Morgan fingerprint density at radius 3 is 2.14 bits per heavy atom. The Balaban J connectivity index is 1.62. The van der Waals surface area contributed by atoms with Gasteiger partial charge in [-0.25, -0.2) is 0 Å². The summed E-state index contributed by atoms with van der Waals surface area (Å²) in [4.78, 5) is 0. The average Bonchev–Trinajstić information content (AvgIpc) is 2.74. The Morgan fingerprint density at radius 1 is 0.964 bits per heavy atom. The molecule has 0 aromatic heterocycles. The summed E-state index contributed by atoms with van der Waals surface area (Å²) in [5.41, 5.74) is 11.7. The summed E-state index contributed by atoms with van der Waals surface area (Å²) in [5.74, 6) is 0.440. The molecule has 0 saturated carbocycles. The van der Waals surface area contributed by atoms with Gasteiger partial charge in [-0.05, 0) is 41.0 Å². The fourth-order valence-corrected chi connectivity index (χ4v) is 2.49. The van der Waals surface area contributed by atoms with Crippen LogP contribution in [0.3, 0.4) is 0 Å². The molecule has 0 bridgehead atoms. The molecule has 0 amide bonds. The number of hydrogen-bond donors (Lipinski definition) is 3. The number of hydrazone groups is 1. The molecule has 0 saturated heterocycles. The number of benzene rings is 3. The molecule has 28 heavy (non-hydrogen) atoms. The predicted molar refractivity (Wildman–Crippen MR) is 111 cm³/mol. The van der Waals surface area contributed by atoms with Crippen molar-refractivity contribution in [2.45, 2.75) is 6.61 Å². The van der Waals surface area contributed by atoms with Crippen molar-refractivity contribution in [3.63, 3.8) is 0 Å². The third kappa shape index (κ3) is 4.96. The lowest BCUT2D eigenvalue weighted by Crippen LogP contribution is -2.21. The van der Waals surface area contributed by atoms with Crippen molar-refractivity contribution < 1.29 is 4.74 Å². The van der Waals surface area contributed by atoms with Crippen molar-refractivity contribution in [3.8, 4) is 22.9 Å². The topological polar surface area (TPSA) is 107 Å². The summed E-state index contributed by atoms with van der Waals surface area (Å²) in [6, 6.07) is 27.3. The van der Waals surface area contributed by atoms with E-state index < -0.39 is 0 Å². The van der Waals surface area contributed by atoms with E-state index in [1.54, 1.807) is 6.07 Å². The summed E-state index contributed by atoms with van der Waals surface area (Å²) in [6.45, 7) is 0.534. The lowest BCUT2D eigenvalue weighted by molar-refractivity contribution is 0.306. The summed E-state index contributed by atoms with van der Waals surface area (Å²) >= 11 is 0. The van der Waals surface area contributed by atoms with Gasteiger partial charge in [0, 0.05) is 0 Å². The third-order valence-corrected chi connectivity index (χ3v) is 3.98. The maximum Gasteiger partial charge on any atom is 0.201 e. The zero-order chi connectivity index (χ0) is 19.8. The highest BCUT2D eigenvalue weighted by Gasteiger charge is 2.02. The van der Waals surface area contributed by atoms with Crippen molar-refractivity contribution >= 4 is 17.2 Å². The first-order chi connectivity index (χ1) is 13.7. The molecule has 6 heteroatoms. The van der Waals surface area contributed by atoms with Crippen molar-refractivity contribution in [1.29, 1.82) is 10.7 Å². The molecule has 0 aliphatic rings. The van der Waals surface area contributed by atoms with E-state index in [0.717, 1.165) is 22.4 Å². The number of nitrogens with one attached hydrogen (secondary N) is 2. The highest BCUT2D eigenvalue weighted by Crippen LogP contribution is 2.24. The summed E-state index contributed by atoms with van der Waals surface area (Å²) in [7, 11) is 0. The zero-order valence-corrected chi connectivity index (χ0v) is 15.1. The number of anilines is 1. The molecule has 4 N–H and O–H groups in total. The Bertz CT molecular complexity index is 1000. The quantitative estimate of drug-likeness (QED) is 0.330. The molecular formula is C22H19N5O. The minimum absolute atomic E-state index is 0.157. The molecule has 3 aromatic carbocycles. The van der Waals surface area contributed by atoms with E-state index >= 15 is 0 Å². The highest BCUT2D eigenvalue weighted by atomic mass is 16.5. The number of nitrogens with zero attached hydrogens (tertiary/aromatic N) is 2. The molecule has 6 nitrogen and oxygen atoms in total. The molecule has 3 aromatic rings. The van der Waals surface area contributed by atoms with E-state index in [1.165, 1.54) is 0 Å². The van der Waals surface area contributed by atoms with Gasteiger partial charge in [0.2, 0.25) is 5.71 Å². The van der Waals surface area contributed by atoms with Crippen LogP contribution in [0.2, 0.25) is 0 Å². The van der Waals surface area contributed by atoms with Gasteiger partial charge in [0.25, 0.3) is 0 Å². The molecule has 0 unspecified atom stereocenters. The van der Waals surface area contributed by atoms with Crippen LogP contribution in [0.15, 0.2) is 84.0 Å². The van der Waals surface area contributed by atoms with E-state index in [9.17, 15) is 0 Å². The molecular weight excluding hydrogens is 350 g/mol. The number of ether oxygens (including phenoxy) is 1. The predicted octanol–water partition coefficient (Wildman–Crippen LogP) is 4.16. The molecule has 0 spiro atoms. The van der Waals surface area contributed by atoms with E-state index in [1.807, 2.05) is 78.9 Å². The second kappa shape index (κ2) is 9.01. The van der Waals surface area contributed by atoms with Gasteiger partial charge < -0.3 is 10.5 Å². The zero-order valence-electron chi connectivity index (χ0n) is 15.1. The lowest BCUT2D eigenvalue weighted by Gasteiger charge is -2.08. The number of nitriles is 1. The maximum absolute atomic E-state index is 8.84. The summed E-state index contributed by atoms with van der Waals surface area (Å²) in [6.07, 6.45) is 0. The van der Waals surface area contributed by atoms with Gasteiger partial charge >= 0.3 is 0 Å². The Labute approximate surface area is 163 Å². The fraction of sp³-hybridized carbons (Fsp3) is 0.0455. The maximum atomic E-state index is 8.84. The van der Waals surface area contributed by atoms with E-state index in [0.29, 0.717) is 12.3 Å². The van der Waals surface area contributed by atoms with Crippen molar-refractivity contribution in [2.75, 3.05) is 5.43 Å². The number of nitrogens with two attached hydrogens (primary N) is 1. The third-order valence-electron chi connectivity index (χ3n) is 3.98. The minimum Gasteiger partial charge on any atom is -0.489 e. The van der Waals surface area contributed by atoms with Crippen molar-refractivity contribution in [2.24, 2.45) is 10.8 Å². The van der Waals surface area contributed by atoms with Crippen LogP contribution in [-0.2, 0) is 6.61 Å². The van der Waals surface area contributed by atoms with E-state index in [4.69, 9.17) is 21.1 Å². The van der Waals surface area contributed by atoms with Gasteiger partial charge in [-0.15, -0.1) is 0 Å². The molecule has 0 aliphatic carbocycles. The SMILES string of the molecule is N#C/C(=N\Nc1ccc(-c2ccc(OCc3ccccc3)cc2)cc1)C(=N)N. The first kappa shape index (κ1) is 18.7. The molecule has 3 rings (SSSR count). The second-order valence-corrected chi connectivity index (χ2v) is 5.97. The summed E-state index contributed by atoms with van der Waals surface area (Å²) in [5, 5.41) is 19.9. The van der Waals surface area contributed by atoms with Gasteiger partial charge in [0.1, 0.15) is 18.4 Å². The average molecular weight is 369 g/mol. The van der Waals surface area contributed by atoms with Gasteiger partial charge in [-0.2, -0.15) is 10.4 Å². The van der Waals surface area contributed by atoms with Gasteiger partial charge in [0.15, 0.2) is 5.84 Å². The smallest absolute Gasteiger partial charge is 0.201 e. The number of rotatable bonds is 7. The van der Waals surface area contributed by atoms with Gasteiger partial charge in [0.05, 0.1) is 5.69 Å². The van der Waals surface area contributed by atoms with Crippen LogP contribution in [0, 0.1) is 16.7 Å². The van der Waals surface area contributed by atoms with Crippen LogP contribution < -0.4 is 15.9 Å². The normalized spacial score (nSPS) is 10.8. The van der Waals surface area contributed by atoms with Crippen LogP contribution in [-0.4, -0.2) is 11.5 Å². The van der Waals surface area contributed by atoms with Crippen molar-refractivity contribution in [3.05, 3.63) is 84.4 Å². The fourth-order valence-electron chi connectivity index (χ4n) is 2.49. The van der Waals surface area contributed by atoms with Crippen LogP contribution in [0.1, 0.15) is 5.56 Å². The molecule has 0 fully saturated rings. The van der Waals surface area contributed by atoms with Crippen LogP contribution in [0.4, 0.5) is 5.69 Å². The molecule has 0 aliphatic heterocycles. The Kier molecular flexibility index (Phi) is 6.01. The first-order valence-electron chi connectivity index (χ1n) is 8.61. The number of amidine groups is 1. The summed E-state index contributed by atoms with van der Waals surface area (Å²) < 4.78 is 5.81. The van der Waals surface area contributed by atoms with Gasteiger partial charge in [-0.3, -0.25) is 10.8 Å². The highest BCUT2D eigenvalue weighted by molar-refractivity contribution is 6.45. The van der Waals surface area contributed by atoms with Gasteiger partial charge in [-0.1, -0.05) is 54.6 Å². The van der Waals surface area contributed by atoms with Crippen LogP contribution >= 0.6 is 0 Å². The monoisotopic (exact) mass is 369 g/mol. The molecule has 138 valence electrons. The van der Waals surface area contributed by atoms with Crippen LogP contribution in [0.5, 0.6) is 5.75 Å². The molecule has 0 heterocycles. The first-order valence-corrected chi connectivity index (χ1v) is 8.61. The Hall–Kier alpha value is -4.11. The van der Waals surface area contributed by atoms with Crippen molar-refractivity contribution in [1.82, 2.24) is 0 Å². The van der Waals surface area contributed by atoms with E-state index in [2.05, 4.69) is 10.5 Å². The molecule has 0 atom stereocenters. The standard InChI is InChI=1S/C22H19N5O/c23-14-21(22(24)25)27-26-19-10-6-17(7-11-19)18-8-12-20(13-9-18)28-15-16-4-2-1-3-5-16/h1-13,26H,15H2,(H3,24,25)/b27-21+. The lowest BCUT2D eigenvalue weighted by atomic mass is 10.1. The van der Waals surface area contributed by atoms with Crippen LogP contribution in [0.25, 0.3) is 11.1 Å². The number of hydrogen-bond acceptors (Lipinski definition) is 5. The molecule has 0 radical (unpaired) electrons. The largest absolute Gasteiger partial charge is 0.489 e. The second-order valence-electron chi connectivity index (χ2n) is 5.97. The Morgan fingerprint density at radius 2 is 1.57 bits per heavy atom.